The number of benzene rings is 1. The SMILES string of the molecule is O=C(NCCCNC1CC1)c1ccc(Br)cc1F. The van der Waals surface area contributed by atoms with Gasteiger partial charge in [-0.05, 0) is 44.0 Å². The van der Waals surface area contributed by atoms with Crippen LogP contribution in [0.5, 0.6) is 0 Å². The molecule has 1 aliphatic rings. The molecule has 18 heavy (non-hydrogen) atoms. The van der Waals surface area contributed by atoms with Crippen molar-refractivity contribution in [2.45, 2.75) is 25.3 Å². The maximum absolute atomic E-state index is 13.5. The van der Waals surface area contributed by atoms with E-state index in [0.717, 1.165) is 13.0 Å². The minimum absolute atomic E-state index is 0.0911. The molecule has 98 valence electrons. The fourth-order valence-corrected chi connectivity index (χ4v) is 1.99. The molecule has 2 rings (SSSR count). The molecule has 3 nitrogen and oxygen atoms in total. The van der Waals surface area contributed by atoms with Gasteiger partial charge in [0.2, 0.25) is 0 Å². The van der Waals surface area contributed by atoms with Crippen molar-refractivity contribution in [1.29, 1.82) is 0 Å². The Morgan fingerprint density at radius 3 is 2.83 bits per heavy atom. The summed E-state index contributed by atoms with van der Waals surface area (Å²) in [4.78, 5) is 11.7. The average Bonchev–Trinajstić information content (AvgIpc) is 3.12. The van der Waals surface area contributed by atoms with E-state index in [1.807, 2.05) is 0 Å². The highest BCUT2D eigenvalue weighted by Gasteiger charge is 2.19. The first-order valence-corrected chi connectivity index (χ1v) is 6.93. The number of amides is 1. The molecule has 5 heteroatoms. The molecule has 1 aromatic carbocycles. The number of carbonyl (C=O) groups is 1. The van der Waals surface area contributed by atoms with Gasteiger partial charge in [0.05, 0.1) is 5.56 Å². The second-order valence-corrected chi connectivity index (χ2v) is 5.38. The molecule has 1 saturated carbocycles. The van der Waals surface area contributed by atoms with Crippen LogP contribution < -0.4 is 10.6 Å². The van der Waals surface area contributed by atoms with Gasteiger partial charge in [-0.2, -0.15) is 0 Å². The van der Waals surface area contributed by atoms with Crippen LogP contribution >= 0.6 is 15.9 Å². The van der Waals surface area contributed by atoms with Gasteiger partial charge < -0.3 is 10.6 Å². The van der Waals surface area contributed by atoms with Gasteiger partial charge in [-0.25, -0.2) is 4.39 Å². The van der Waals surface area contributed by atoms with E-state index in [9.17, 15) is 9.18 Å². The van der Waals surface area contributed by atoms with Crippen molar-refractivity contribution < 1.29 is 9.18 Å². The van der Waals surface area contributed by atoms with Crippen LogP contribution in [0, 0.1) is 5.82 Å². The minimum Gasteiger partial charge on any atom is -0.352 e. The molecule has 0 aliphatic heterocycles. The third kappa shape index (κ3) is 4.07. The molecule has 0 atom stereocenters. The Morgan fingerprint density at radius 1 is 1.39 bits per heavy atom. The maximum atomic E-state index is 13.5. The summed E-state index contributed by atoms with van der Waals surface area (Å²) in [7, 11) is 0. The summed E-state index contributed by atoms with van der Waals surface area (Å²) in [6, 6.07) is 5.12. The smallest absolute Gasteiger partial charge is 0.254 e. The maximum Gasteiger partial charge on any atom is 0.254 e. The lowest BCUT2D eigenvalue weighted by Crippen LogP contribution is -2.28. The highest BCUT2D eigenvalue weighted by atomic mass is 79.9. The van der Waals surface area contributed by atoms with Crippen molar-refractivity contribution in [1.82, 2.24) is 10.6 Å². The number of rotatable bonds is 6. The highest BCUT2D eigenvalue weighted by Crippen LogP contribution is 2.18. The average molecular weight is 315 g/mol. The van der Waals surface area contributed by atoms with Gasteiger partial charge in [-0.1, -0.05) is 15.9 Å². The molecule has 0 unspecified atom stereocenters. The fourth-order valence-electron chi connectivity index (χ4n) is 1.65. The van der Waals surface area contributed by atoms with Gasteiger partial charge in [0.1, 0.15) is 5.82 Å². The van der Waals surface area contributed by atoms with Crippen LogP contribution in [0.3, 0.4) is 0 Å². The topological polar surface area (TPSA) is 41.1 Å². The van der Waals surface area contributed by atoms with E-state index >= 15 is 0 Å². The normalized spacial score (nSPS) is 14.6. The van der Waals surface area contributed by atoms with E-state index in [-0.39, 0.29) is 11.5 Å². The molecule has 0 heterocycles. The Balaban J connectivity index is 1.72. The fraction of sp³-hybridized carbons (Fsp3) is 0.462. The number of nitrogens with one attached hydrogen (secondary N) is 2. The zero-order valence-electron chi connectivity index (χ0n) is 10.0. The van der Waals surface area contributed by atoms with Gasteiger partial charge in [0, 0.05) is 17.1 Å². The van der Waals surface area contributed by atoms with Crippen LogP contribution in [0.4, 0.5) is 4.39 Å². The van der Waals surface area contributed by atoms with E-state index in [4.69, 9.17) is 0 Å². The van der Waals surface area contributed by atoms with Crippen molar-refractivity contribution in [3.8, 4) is 0 Å². The van der Waals surface area contributed by atoms with Crippen LogP contribution in [0.1, 0.15) is 29.6 Å². The quantitative estimate of drug-likeness (QED) is 0.792. The van der Waals surface area contributed by atoms with Crippen LogP contribution in [-0.2, 0) is 0 Å². The van der Waals surface area contributed by atoms with Gasteiger partial charge in [-0.15, -0.1) is 0 Å². The summed E-state index contributed by atoms with van der Waals surface area (Å²) in [5.41, 5.74) is 0.0911. The second kappa shape index (κ2) is 6.29. The molecule has 2 N–H and O–H groups in total. The number of carbonyl (C=O) groups excluding carboxylic acids is 1. The van der Waals surface area contributed by atoms with Gasteiger partial charge in [0.25, 0.3) is 5.91 Å². The van der Waals surface area contributed by atoms with Crippen molar-refractivity contribution in [3.63, 3.8) is 0 Å². The Kier molecular flexibility index (Phi) is 4.72. The molecule has 0 radical (unpaired) electrons. The Bertz CT molecular complexity index is 435. The van der Waals surface area contributed by atoms with E-state index in [1.165, 1.54) is 25.0 Å². The number of hydrogen-bond acceptors (Lipinski definition) is 2. The largest absolute Gasteiger partial charge is 0.352 e. The van der Waals surface area contributed by atoms with E-state index in [2.05, 4.69) is 26.6 Å². The lowest BCUT2D eigenvalue weighted by Gasteiger charge is -2.07. The summed E-state index contributed by atoms with van der Waals surface area (Å²) in [5.74, 6) is -0.857. The van der Waals surface area contributed by atoms with E-state index in [1.54, 1.807) is 6.07 Å². The summed E-state index contributed by atoms with van der Waals surface area (Å²) in [6.45, 7) is 1.46. The molecule has 0 aromatic heterocycles. The van der Waals surface area contributed by atoms with Crippen molar-refractivity contribution >= 4 is 21.8 Å². The third-order valence-corrected chi connectivity index (χ3v) is 3.32. The molecule has 1 amide bonds. The van der Waals surface area contributed by atoms with Gasteiger partial charge >= 0.3 is 0 Å². The summed E-state index contributed by atoms with van der Waals surface area (Å²) in [6.07, 6.45) is 3.38. The van der Waals surface area contributed by atoms with Crippen molar-refractivity contribution in [2.75, 3.05) is 13.1 Å². The summed E-state index contributed by atoms with van der Waals surface area (Å²) >= 11 is 3.16. The molecular weight excluding hydrogens is 299 g/mol. The highest BCUT2D eigenvalue weighted by molar-refractivity contribution is 9.10. The zero-order valence-corrected chi connectivity index (χ0v) is 11.6. The van der Waals surface area contributed by atoms with Gasteiger partial charge in [-0.3, -0.25) is 4.79 Å². The summed E-state index contributed by atoms with van der Waals surface area (Å²) in [5, 5.41) is 6.08. The lowest BCUT2D eigenvalue weighted by atomic mass is 10.2. The first-order chi connectivity index (χ1) is 8.66. The van der Waals surface area contributed by atoms with Gasteiger partial charge in [0.15, 0.2) is 0 Å². The van der Waals surface area contributed by atoms with E-state index < -0.39 is 5.82 Å². The molecule has 1 aromatic rings. The predicted molar refractivity (Wildman–Crippen MR) is 72.1 cm³/mol. The minimum atomic E-state index is -0.502. The number of hydrogen-bond donors (Lipinski definition) is 2. The molecule has 0 spiro atoms. The molecule has 0 bridgehead atoms. The Labute approximate surface area is 114 Å². The first kappa shape index (κ1) is 13.5. The Hall–Kier alpha value is -0.940. The molecule has 1 fully saturated rings. The molecule has 0 saturated heterocycles. The van der Waals surface area contributed by atoms with E-state index in [0.29, 0.717) is 17.1 Å². The third-order valence-electron chi connectivity index (χ3n) is 2.83. The first-order valence-electron chi connectivity index (χ1n) is 6.13. The zero-order chi connectivity index (χ0) is 13.0. The second-order valence-electron chi connectivity index (χ2n) is 4.46. The standard InChI is InChI=1S/C13H16BrFN2O/c14-9-2-5-11(12(15)8-9)13(18)17-7-1-6-16-10-3-4-10/h2,5,8,10,16H,1,3-4,6-7H2,(H,17,18). The van der Waals surface area contributed by atoms with Crippen LogP contribution in [0.25, 0.3) is 0 Å². The van der Waals surface area contributed by atoms with Crippen LogP contribution in [0.2, 0.25) is 0 Å². The summed E-state index contributed by atoms with van der Waals surface area (Å²) < 4.78 is 14.1. The van der Waals surface area contributed by atoms with Crippen LogP contribution in [0.15, 0.2) is 22.7 Å². The number of halogens is 2. The van der Waals surface area contributed by atoms with Crippen LogP contribution in [-0.4, -0.2) is 25.0 Å². The van der Waals surface area contributed by atoms with Crippen molar-refractivity contribution in [3.05, 3.63) is 34.1 Å². The lowest BCUT2D eigenvalue weighted by molar-refractivity contribution is 0.0949. The monoisotopic (exact) mass is 314 g/mol. The predicted octanol–water partition coefficient (Wildman–Crippen LogP) is 2.46. The Morgan fingerprint density at radius 2 is 2.17 bits per heavy atom. The molecular formula is C13H16BrFN2O. The van der Waals surface area contributed by atoms with Crippen molar-refractivity contribution in [2.24, 2.45) is 0 Å². The molecule has 1 aliphatic carbocycles.